The summed E-state index contributed by atoms with van der Waals surface area (Å²) >= 11 is 4.64. The second-order valence-electron chi connectivity index (χ2n) is 2.75. The molecule has 0 amide bonds. The zero-order valence-corrected chi connectivity index (χ0v) is 10.2. The maximum atomic E-state index is 9.58. The molecule has 1 heterocycles. The molecule has 6 heteroatoms. The summed E-state index contributed by atoms with van der Waals surface area (Å²) in [6.07, 6.45) is 0. The van der Waals surface area contributed by atoms with E-state index in [1.165, 1.54) is 18.4 Å². The zero-order valence-electron chi connectivity index (χ0n) is 7.77. The summed E-state index contributed by atoms with van der Waals surface area (Å²) < 4.78 is 5.66. The average Bonchev–Trinajstić information content (AvgIpc) is 2.65. The molecule has 0 spiro atoms. The number of aromatic nitrogens is 2. The summed E-state index contributed by atoms with van der Waals surface area (Å²) in [6, 6.07) is 5.12. The Morgan fingerprint density at radius 2 is 2.20 bits per heavy atom. The van der Waals surface area contributed by atoms with Gasteiger partial charge >= 0.3 is 0 Å². The van der Waals surface area contributed by atoms with Gasteiger partial charge in [0.15, 0.2) is 15.4 Å². The smallest absolute Gasteiger partial charge is 0.183 e. The van der Waals surface area contributed by atoms with Crippen molar-refractivity contribution in [3.8, 4) is 22.1 Å². The highest BCUT2D eigenvalue weighted by molar-refractivity contribution is 9.11. The fraction of sp³-hybridized carbons (Fsp3) is 0.111. The van der Waals surface area contributed by atoms with Crippen molar-refractivity contribution in [3.05, 3.63) is 22.1 Å². The number of hydrogen-bond acceptors (Lipinski definition) is 5. The number of methoxy groups -OCH3 is 1. The molecule has 0 saturated heterocycles. The number of benzene rings is 1. The lowest BCUT2D eigenvalue weighted by Gasteiger charge is -2.03. The van der Waals surface area contributed by atoms with Crippen LogP contribution in [0.5, 0.6) is 11.5 Å². The molecular weight excluding hydrogens is 280 g/mol. The minimum Gasteiger partial charge on any atom is -0.504 e. The highest BCUT2D eigenvalue weighted by Crippen LogP contribution is 2.33. The first-order chi connectivity index (χ1) is 7.20. The van der Waals surface area contributed by atoms with E-state index in [0.29, 0.717) is 9.67 Å². The number of hydrogen-bond donors (Lipinski definition) is 1. The monoisotopic (exact) mass is 286 g/mol. The van der Waals surface area contributed by atoms with E-state index in [2.05, 4.69) is 26.1 Å². The molecule has 0 atom stereocenters. The number of phenols is 1. The summed E-state index contributed by atoms with van der Waals surface area (Å²) in [4.78, 5) is 0. The molecule has 0 fully saturated rings. The number of phenolic OH excluding ortho intramolecular Hbond substituents is 1. The fourth-order valence-corrected chi connectivity index (χ4v) is 2.25. The third-order valence-corrected chi connectivity index (χ3v) is 3.23. The molecular formula is C9H7BrN2O2S. The average molecular weight is 287 g/mol. The van der Waals surface area contributed by atoms with Crippen LogP contribution in [0, 0.1) is 0 Å². The van der Waals surface area contributed by atoms with E-state index in [1.807, 2.05) is 6.07 Å². The van der Waals surface area contributed by atoms with Crippen LogP contribution in [0.25, 0.3) is 10.6 Å². The Kier molecular flexibility index (Phi) is 2.88. The van der Waals surface area contributed by atoms with Gasteiger partial charge in [-0.05, 0) is 34.1 Å². The molecule has 4 nitrogen and oxygen atoms in total. The molecule has 0 radical (unpaired) electrons. The quantitative estimate of drug-likeness (QED) is 0.922. The molecule has 2 aromatic rings. The van der Waals surface area contributed by atoms with E-state index in [0.717, 1.165) is 10.6 Å². The van der Waals surface area contributed by atoms with Crippen LogP contribution in [0.3, 0.4) is 0 Å². The molecule has 15 heavy (non-hydrogen) atoms. The number of nitrogens with zero attached hydrogens (tertiary/aromatic N) is 2. The summed E-state index contributed by atoms with van der Waals surface area (Å²) in [6.45, 7) is 0. The number of aromatic hydroxyl groups is 1. The van der Waals surface area contributed by atoms with Crippen molar-refractivity contribution in [3.63, 3.8) is 0 Å². The van der Waals surface area contributed by atoms with E-state index in [-0.39, 0.29) is 5.75 Å². The van der Waals surface area contributed by atoms with Crippen molar-refractivity contribution >= 4 is 27.3 Å². The lowest BCUT2D eigenvalue weighted by atomic mass is 10.2. The zero-order chi connectivity index (χ0) is 10.8. The standard InChI is InChI=1S/C9H7BrN2O2S/c1-14-7-3-2-5(4-6(7)13)8-11-12-9(10)15-8/h2-4,13H,1H3. The van der Waals surface area contributed by atoms with Crippen LogP contribution in [0.2, 0.25) is 0 Å². The van der Waals surface area contributed by atoms with Crippen molar-refractivity contribution in [1.82, 2.24) is 10.2 Å². The molecule has 0 bridgehead atoms. The summed E-state index contributed by atoms with van der Waals surface area (Å²) in [5.74, 6) is 0.545. The predicted octanol–water partition coefficient (Wildman–Crippen LogP) is 2.68. The second kappa shape index (κ2) is 4.16. The van der Waals surface area contributed by atoms with E-state index >= 15 is 0 Å². The van der Waals surface area contributed by atoms with E-state index in [1.54, 1.807) is 12.1 Å². The number of halogens is 1. The first-order valence-corrected chi connectivity index (χ1v) is 5.68. The SMILES string of the molecule is COc1ccc(-c2nnc(Br)s2)cc1O. The first-order valence-electron chi connectivity index (χ1n) is 4.07. The van der Waals surface area contributed by atoms with Crippen LogP contribution in [-0.2, 0) is 0 Å². The van der Waals surface area contributed by atoms with E-state index in [9.17, 15) is 5.11 Å². The first kappa shape index (κ1) is 10.4. The van der Waals surface area contributed by atoms with Gasteiger partial charge in [-0.2, -0.15) is 0 Å². The Balaban J connectivity index is 2.42. The van der Waals surface area contributed by atoms with Crippen LogP contribution >= 0.6 is 27.3 Å². The molecule has 1 aromatic carbocycles. The number of ether oxygens (including phenoxy) is 1. The Hall–Kier alpha value is -1.14. The van der Waals surface area contributed by atoms with Crippen LogP contribution < -0.4 is 4.74 Å². The Labute approximate surface area is 98.7 Å². The van der Waals surface area contributed by atoms with Gasteiger partial charge in [0, 0.05) is 5.56 Å². The van der Waals surface area contributed by atoms with Gasteiger partial charge in [-0.25, -0.2) is 0 Å². The normalized spacial score (nSPS) is 10.3. The number of rotatable bonds is 2. The molecule has 78 valence electrons. The van der Waals surface area contributed by atoms with Gasteiger partial charge in [0.25, 0.3) is 0 Å². The maximum absolute atomic E-state index is 9.58. The summed E-state index contributed by atoms with van der Waals surface area (Å²) in [7, 11) is 1.51. The molecule has 0 aliphatic rings. The Bertz CT molecular complexity index is 487. The Morgan fingerprint density at radius 1 is 1.40 bits per heavy atom. The van der Waals surface area contributed by atoms with Crippen LogP contribution in [0.1, 0.15) is 0 Å². The van der Waals surface area contributed by atoms with Crippen molar-refractivity contribution in [1.29, 1.82) is 0 Å². The topological polar surface area (TPSA) is 55.2 Å². The minimum atomic E-state index is 0.0984. The lowest BCUT2D eigenvalue weighted by Crippen LogP contribution is -1.84. The van der Waals surface area contributed by atoms with Crippen LogP contribution in [0.15, 0.2) is 22.1 Å². The van der Waals surface area contributed by atoms with Gasteiger partial charge in [0.05, 0.1) is 7.11 Å². The van der Waals surface area contributed by atoms with Crippen LogP contribution in [-0.4, -0.2) is 22.4 Å². The molecule has 2 rings (SSSR count). The van der Waals surface area contributed by atoms with Gasteiger partial charge in [0.1, 0.15) is 5.01 Å². The molecule has 1 aromatic heterocycles. The van der Waals surface area contributed by atoms with Crippen molar-refractivity contribution in [2.75, 3.05) is 7.11 Å². The summed E-state index contributed by atoms with van der Waals surface area (Å²) in [5, 5.41) is 18.1. The Morgan fingerprint density at radius 3 is 2.73 bits per heavy atom. The minimum absolute atomic E-state index is 0.0984. The largest absolute Gasteiger partial charge is 0.504 e. The maximum Gasteiger partial charge on any atom is 0.183 e. The predicted molar refractivity (Wildman–Crippen MR) is 61.3 cm³/mol. The van der Waals surface area contributed by atoms with Crippen molar-refractivity contribution in [2.45, 2.75) is 0 Å². The van der Waals surface area contributed by atoms with Crippen LogP contribution in [0.4, 0.5) is 0 Å². The summed E-state index contributed by atoms with van der Waals surface area (Å²) in [5.41, 5.74) is 0.816. The highest BCUT2D eigenvalue weighted by atomic mass is 79.9. The molecule has 0 aliphatic carbocycles. The third kappa shape index (κ3) is 2.10. The van der Waals surface area contributed by atoms with Gasteiger partial charge in [-0.1, -0.05) is 11.3 Å². The van der Waals surface area contributed by atoms with Crippen molar-refractivity contribution < 1.29 is 9.84 Å². The van der Waals surface area contributed by atoms with Gasteiger partial charge in [0.2, 0.25) is 0 Å². The van der Waals surface area contributed by atoms with Crippen molar-refractivity contribution in [2.24, 2.45) is 0 Å². The molecule has 1 N–H and O–H groups in total. The highest BCUT2D eigenvalue weighted by Gasteiger charge is 2.08. The van der Waals surface area contributed by atoms with Gasteiger partial charge in [-0.15, -0.1) is 10.2 Å². The molecule has 0 aliphatic heterocycles. The molecule has 0 unspecified atom stereocenters. The van der Waals surface area contributed by atoms with E-state index < -0.39 is 0 Å². The van der Waals surface area contributed by atoms with Gasteiger partial charge in [-0.3, -0.25) is 0 Å². The molecule has 0 saturated carbocycles. The second-order valence-corrected chi connectivity index (χ2v) is 5.00. The fourth-order valence-electron chi connectivity index (χ4n) is 1.15. The lowest BCUT2D eigenvalue weighted by molar-refractivity contribution is 0.373. The third-order valence-electron chi connectivity index (χ3n) is 1.83. The van der Waals surface area contributed by atoms with Gasteiger partial charge < -0.3 is 9.84 Å². The van der Waals surface area contributed by atoms with E-state index in [4.69, 9.17) is 4.74 Å².